The zero-order chi connectivity index (χ0) is 13.8. The number of nitrogens with one attached hydrogen (secondary N) is 1. The summed E-state index contributed by atoms with van der Waals surface area (Å²) in [7, 11) is 0. The Morgan fingerprint density at radius 1 is 1.26 bits per heavy atom. The summed E-state index contributed by atoms with van der Waals surface area (Å²) < 4.78 is 5.25. The summed E-state index contributed by atoms with van der Waals surface area (Å²) in [6.45, 7) is 1.77. The minimum atomic E-state index is -0.831. The molecule has 1 aromatic heterocycles. The van der Waals surface area contributed by atoms with E-state index in [2.05, 4.69) is 5.32 Å². The van der Waals surface area contributed by atoms with Crippen molar-refractivity contribution in [2.45, 2.75) is 45.1 Å². The fourth-order valence-electron chi connectivity index (χ4n) is 2.57. The van der Waals surface area contributed by atoms with Gasteiger partial charge in [-0.05, 0) is 31.9 Å². The molecule has 1 saturated carbocycles. The van der Waals surface area contributed by atoms with Gasteiger partial charge in [0.25, 0.3) is 5.91 Å². The maximum atomic E-state index is 12.0. The van der Waals surface area contributed by atoms with Gasteiger partial charge in [0, 0.05) is 6.04 Å². The van der Waals surface area contributed by atoms with Crippen molar-refractivity contribution >= 4 is 11.9 Å². The van der Waals surface area contributed by atoms with Crippen LogP contribution in [0.1, 0.15) is 48.4 Å². The second-order valence-electron chi connectivity index (χ2n) is 5.07. The van der Waals surface area contributed by atoms with Gasteiger partial charge in [0.2, 0.25) is 0 Å². The number of aliphatic carboxylic acids is 1. The van der Waals surface area contributed by atoms with Gasteiger partial charge in [0.05, 0.1) is 5.92 Å². The Morgan fingerprint density at radius 2 is 2.00 bits per heavy atom. The quantitative estimate of drug-likeness (QED) is 0.822. The predicted octanol–water partition coefficient (Wildman–Crippen LogP) is 2.35. The topological polar surface area (TPSA) is 79.5 Å². The first-order valence-electron chi connectivity index (χ1n) is 6.68. The molecule has 1 aliphatic carbocycles. The van der Waals surface area contributed by atoms with Crippen LogP contribution >= 0.6 is 0 Å². The van der Waals surface area contributed by atoms with Crippen molar-refractivity contribution in [2.75, 3.05) is 0 Å². The molecule has 2 rings (SSSR count). The average Bonchev–Trinajstić information content (AvgIpc) is 2.65. The number of rotatable bonds is 3. The van der Waals surface area contributed by atoms with Crippen LogP contribution in [0.5, 0.6) is 0 Å². The van der Waals surface area contributed by atoms with Gasteiger partial charge in [-0.2, -0.15) is 0 Å². The molecule has 0 unspecified atom stereocenters. The van der Waals surface area contributed by atoms with Gasteiger partial charge in [-0.15, -0.1) is 0 Å². The summed E-state index contributed by atoms with van der Waals surface area (Å²) in [5, 5.41) is 12.1. The Labute approximate surface area is 112 Å². The summed E-state index contributed by atoms with van der Waals surface area (Å²) in [5.41, 5.74) is 0. The molecule has 0 aliphatic heterocycles. The summed E-state index contributed by atoms with van der Waals surface area (Å²) in [6, 6.07) is 3.02. The lowest BCUT2D eigenvalue weighted by Crippen LogP contribution is -2.42. The SMILES string of the molecule is Cc1ccc(C(=O)N[C@H]2CCCCC[C@H]2C(=O)O)o1. The van der Waals surface area contributed by atoms with E-state index in [1.54, 1.807) is 19.1 Å². The highest BCUT2D eigenvalue weighted by Crippen LogP contribution is 2.24. The van der Waals surface area contributed by atoms with Crippen LogP contribution in [0.15, 0.2) is 16.5 Å². The monoisotopic (exact) mass is 265 g/mol. The van der Waals surface area contributed by atoms with E-state index in [0.29, 0.717) is 18.6 Å². The molecule has 0 aromatic carbocycles. The lowest BCUT2D eigenvalue weighted by molar-refractivity contribution is -0.142. The molecule has 2 N–H and O–H groups in total. The standard InChI is InChI=1S/C14H19NO4/c1-9-7-8-12(19-9)13(16)15-11-6-4-2-3-5-10(11)14(17)18/h7-8,10-11H,2-6H2,1H3,(H,15,16)(H,17,18)/t10-,11+/m1/s1. The van der Waals surface area contributed by atoms with Crippen LogP contribution in [0.4, 0.5) is 0 Å². The van der Waals surface area contributed by atoms with Crippen molar-refractivity contribution < 1.29 is 19.1 Å². The molecule has 5 heteroatoms. The number of amides is 1. The summed E-state index contributed by atoms with van der Waals surface area (Å²) in [6.07, 6.45) is 4.21. The van der Waals surface area contributed by atoms with Gasteiger partial charge in [0.1, 0.15) is 5.76 Å². The van der Waals surface area contributed by atoms with Crippen LogP contribution in [0.3, 0.4) is 0 Å². The Hall–Kier alpha value is -1.78. The smallest absolute Gasteiger partial charge is 0.308 e. The van der Waals surface area contributed by atoms with Crippen molar-refractivity contribution in [3.63, 3.8) is 0 Å². The number of aryl methyl sites for hydroxylation is 1. The molecule has 19 heavy (non-hydrogen) atoms. The van der Waals surface area contributed by atoms with Gasteiger partial charge >= 0.3 is 5.97 Å². The van der Waals surface area contributed by atoms with E-state index in [9.17, 15) is 14.7 Å². The van der Waals surface area contributed by atoms with Gasteiger partial charge in [0.15, 0.2) is 5.76 Å². The summed E-state index contributed by atoms with van der Waals surface area (Å²) in [4.78, 5) is 23.3. The molecule has 1 heterocycles. The molecule has 1 aliphatic rings. The zero-order valence-corrected chi connectivity index (χ0v) is 11.0. The van der Waals surface area contributed by atoms with Crippen molar-refractivity contribution in [1.82, 2.24) is 5.32 Å². The van der Waals surface area contributed by atoms with E-state index >= 15 is 0 Å². The molecule has 5 nitrogen and oxygen atoms in total. The molecule has 0 radical (unpaired) electrons. The fourth-order valence-corrected chi connectivity index (χ4v) is 2.57. The third-order valence-corrected chi connectivity index (χ3v) is 3.61. The highest BCUT2D eigenvalue weighted by molar-refractivity contribution is 5.92. The van der Waals surface area contributed by atoms with E-state index in [0.717, 1.165) is 19.3 Å². The normalized spacial score (nSPS) is 23.6. The van der Waals surface area contributed by atoms with Crippen LogP contribution in [-0.2, 0) is 4.79 Å². The van der Waals surface area contributed by atoms with E-state index in [1.165, 1.54) is 0 Å². The fraction of sp³-hybridized carbons (Fsp3) is 0.571. The largest absolute Gasteiger partial charge is 0.481 e. The molecule has 1 amide bonds. The van der Waals surface area contributed by atoms with Crippen molar-refractivity contribution in [3.05, 3.63) is 23.7 Å². The van der Waals surface area contributed by atoms with Crippen LogP contribution in [0.25, 0.3) is 0 Å². The van der Waals surface area contributed by atoms with Gasteiger partial charge in [-0.1, -0.05) is 19.3 Å². The number of hydrogen-bond acceptors (Lipinski definition) is 3. The Morgan fingerprint density at radius 3 is 2.63 bits per heavy atom. The number of carbonyl (C=O) groups excluding carboxylic acids is 1. The van der Waals surface area contributed by atoms with Crippen molar-refractivity contribution in [3.8, 4) is 0 Å². The molecule has 1 fully saturated rings. The van der Waals surface area contributed by atoms with Gasteiger partial charge < -0.3 is 14.8 Å². The van der Waals surface area contributed by atoms with E-state index in [-0.39, 0.29) is 17.7 Å². The van der Waals surface area contributed by atoms with E-state index in [1.807, 2.05) is 0 Å². The highest BCUT2D eigenvalue weighted by atomic mass is 16.4. The highest BCUT2D eigenvalue weighted by Gasteiger charge is 2.31. The van der Waals surface area contributed by atoms with Crippen LogP contribution < -0.4 is 5.32 Å². The molecule has 1 aromatic rings. The first-order chi connectivity index (χ1) is 9.08. The average molecular weight is 265 g/mol. The number of hydrogen-bond donors (Lipinski definition) is 2. The first-order valence-corrected chi connectivity index (χ1v) is 6.68. The lowest BCUT2D eigenvalue weighted by Gasteiger charge is -2.22. The Bertz CT molecular complexity index is 466. The number of furan rings is 1. The maximum absolute atomic E-state index is 12.0. The van der Waals surface area contributed by atoms with E-state index in [4.69, 9.17) is 4.42 Å². The zero-order valence-electron chi connectivity index (χ0n) is 11.0. The van der Waals surface area contributed by atoms with Gasteiger partial charge in [-0.25, -0.2) is 0 Å². The summed E-state index contributed by atoms with van der Waals surface area (Å²) >= 11 is 0. The second kappa shape index (κ2) is 5.91. The number of carboxylic acids is 1. The van der Waals surface area contributed by atoms with Crippen LogP contribution in [0, 0.1) is 12.8 Å². The lowest BCUT2D eigenvalue weighted by atomic mass is 9.95. The Balaban J connectivity index is 2.06. The molecule has 104 valence electrons. The van der Waals surface area contributed by atoms with Crippen molar-refractivity contribution in [1.29, 1.82) is 0 Å². The summed E-state index contributed by atoms with van der Waals surface area (Å²) in [5.74, 6) is -0.747. The predicted molar refractivity (Wildman–Crippen MR) is 68.9 cm³/mol. The van der Waals surface area contributed by atoms with Crippen LogP contribution in [-0.4, -0.2) is 23.0 Å². The molecule has 2 atom stereocenters. The molecular formula is C14H19NO4. The third-order valence-electron chi connectivity index (χ3n) is 3.61. The number of carboxylic acid groups (broad SMARTS) is 1. The van der Waals surface area contributed by atoms with Gasteiger partial charge in [-0.3, -0.25) is 9.59 Å². The van der Waals surface area contributed by atoms with E-state index < -0.39 is 11.9 Å². The minimum Gasteiger partial charge on any atom is -0.481 e. The Kier molecular flexibility index (Phi) is 4.24. The molecule has 0 saturated heterocycles. The number of carbonyl (C=O) groups is 2. The van der Waals surface area contributed by atoms with Crippen molar-refractivity contribution in [2.24, 2.45) is 5.92 Å². The molecule has 0 bridgehead atoms. The molecular weight excluding hydrogens is 246 g/mol. The third kappa shape index (κ3) is 3.36. The molecule has 0 spiro atoms. The maximum Gasteiger partial charge on any atom is 0.308 e. The second-order valence-corrected chi connectivity index (χ2v) is 5.07. The van der Waals surface area contributed by atoms with Crippen LogP contribution in [0.2, 0.25) is 0 Å². The minimum absolute atomic E-state index is 0.242. The first kappa shape index (κ1) is 13.6.